The summed E-state index contributed by atoms with van der Waals surface area (Å²) in [4.78, 5) is 0. The molecule has 0 aliphatic heterocycles. The zero-order chi connectivity index (χ0) is 16.3. The van der Waals surface area contributed by atoms with Crippen molar-refractivity contribution < 1.29 is 5.11 Å². The molecule has 0 saturated carbocycles. The summed E-state index contributed by atoms with van der Waals surface area (Å²) in [5.41, 5.74) is 1.27. The van der Waals surface area contributed by atoms with Crippen LogP contribution in [0.1, 0.15) is 5.56 Å². The Labute approximate surface area is 139 Å². The highest BCUT2D eigenvalue weighted by atomic mass is 16.3. The first-order valence-corrected chi connectivity index (χ1v) is 8.19. The highest BCUT2D eigenvalue weighted by Crippen LogP contribution is 2.37. The number of aryl methyl sites for hydroxylation is 1. The normalized spacial score (nSPS) is 11.7. The first kappa shape index (κ1) is 13.4. The van der Waals surface area contributed by atoms with Crippen molar-refractivity contribution in [1.29, 1.82) is 0 Å². The highest BCUT2D eigenvalue weighted by molar-refractivity contribution is 6.23. The maximum atomic E-state index is 9.91. The monoisotopic (exact) mass is 308 g/mol. The summed E-state index contributed by atoms with van der Waals surface area (Å²) in [5, 5.41) is 19.8. The van der Waals surface area contributed by atoms with Crippen LogP contribution in [0.4, 0.5) is 0 Å². The Balaban J connectivity index is 2.06. The molecule has 1 heteroatoms. The van der Waals surface area contributed by atoms with Crippen LogP contribution in [0.15, 0.2) is 72.8 Å². The molecule has 0 atom stereocenters. The van der Waals surface area contributed by atoms with E-state index in [-0.39, 0.29) is 0 Å². The Morgan fingerprint density at radius 2 is 1.29 bits per heavy atom. The van der Waals surface area contributed by atoms with Crippen LogP contribution in [0.3, 0.4) is 0 Å². The van der Waals surface area contributed by atoms with Crippen molar-refractivity contribution in [1.82, 2.24) is 0 Å². The molecule has 0 aliphatic carbocycles. The van der Waals surface area contributed by atoms with Crippen LogP contribution in [0.2, 0.25) is 0 Å². The molecule has 0 unspecified atom stereocenters. The van der Waals surface area contributed by atoms with Gasteiger partial charge in [-0.15, -0.1) is 0 Å². The fourth-order valence-corrected chi connectivity index (χ4v) is 3.95. The van der Waals surface area contributed by atoms with Crippen molar-refractivity contribution in [2.45, 2.75) is 6.92 Å². The summed E-state index contributed by atoms with van der Waals surface area (Å²) in [7, 11) is 0. The van der Waals surface area contributed by atoms with Crippen LogP contribution >= 0.6 is 0 Å². The molecular weight excluding hydrogens is 292 g/mol. The Kier molecular flexibility index (Phi) is 2.63. The number of benzene rings is 5. The molecule has 0 heterocycles. The maximum absolute atomic E-state index is 9.91. The number of rotatable bonds is 0. The highest BCUT2D eigenvalue weighted by Gasteiger charge is 2.10. The molecule has 0 aromatic heterocycles. The topological polar surface area (TPSA) is 20.2 Å². The summed E-state index contributed by atoms with van der Waals surface area (Å²) in [6, 6.07) is 25.2. The Bertz CT molecular complexity index is 1270. The summed E-state index contributed by atoms with van der Waals surface area (Å²) >= 11 is 0. The Hall–Kier alpha value is -3.06. The summed E-state index contributed by atoms with van der Waals surface area (Å²) in [5.74, 6) is 0.311. The van der Waals surface area contributed by atoms with Crippen molar-refractivity contribution in [3.8, 4) is 5.75 Å². The van der Waals surface area contributed by atoms with Gasteiger partial charge < -0.3 is 5.11 Å². The molecule has 114 valence electrons. The predicted octanol–water partition coefficient (Wildman–Crippen LogP) is 6.31. The van der Waals surface area contributed by atoms with Crippen molar-refractivity contribution in [2.75, 3.05) is 0 Å². The van der Waals surface area contributed by atoms with Crippen molar-refractivity contribution in [3.63, 3.8) is 0 Å². The molecule has 5 aromatic carbocycles. The van der Waals surface area contributed by atoms with E-state index in [4.69, 9.17) is 0 Å². The van der Waals surface area contributed by atoms with E-state index in [1.54, 1.807) is 6.07 Å². The quantitative estimate of drug-likeness (QED) is 0.332. The lowest BCUT2D eigenvalue weighted by atomic mass is 9.91. The lowest BCUT2D eigenvalue weighted by Crippen LogP contribution is -1.86. The van der Waals surface area contributed by atoms with Crippen LogP contribution in [0.25, 0.3) is 43.1 Å². The second-order valence-electron chi connectivity index (χ2n) is 6.47. The van der Waals surface area contributed by atoms with E-state index >= 15 is 0 Å². The summed E-state index contributed by atoms with van der Waals surface area (Å²) in [6.45, 7) is 2.17. The van der Waals surface area contributed by atoms with Crippen LogP contribution in [0.5, 0.6) is 5.75 Å². The van der Waals surface area contributed by atoms with Crippen molar-refractivity contribution in [3.05, 3.63) is 78.4 Å². The number of phenols is 1. The molecule has 0 bridgehead atoms. The first-order valence-electron chi connectivity index (χ1n) is 8.19. The molecular formula is C23H16O. The average Bonchev–Trinajstić information content (AvgIpc) is 2.61. The first-order chi connectivity index (χ1) is 11.7. The van der Waals surface area contributed by atoms with E-state index in [9.17, 15) is 5.11 Å². The van der Waals surface area contributed by atoms with Gasteiger partial charge in [-0.25, -0.2) is 0 Å². The average molecular weight is 308 g/mol. The minimum atomic E-state index is 0.311. The van der Waals surface area contributed by atoms with Gasteiger partial charge in [0.05, 0.1) is 0 Å². The number of aromatic hydroxyl groups is 1. The van der Waals surface area contributed by atoms with Gasteiger partial charge in [0, 0.05) is 0 Å². The molecule has 1 N–H and O–H groups in total. The van der Waals surface area contributed by atoms with E-state index in [0.717, 1.165) is 10.8 Å². The molecule has 5 rings (SSSR count). The second kappa shape index (κ2) is 4.72. The van der Waals surface area contributed by atoms with Gasteiger partial charge in [0.2, 0.25) is 0 Å². The molecule has 0 radical (unpaired) electrons. The maximum Gasteiger partial charge on any atom is 0.116 e. The van der Waals surface area contributed by atoms with Crippen molar-refractivity contribution >= 4 is 43.1 Å². The number of hydrogen-bond donors (Lipinski definition) is 1. The van der Waals surface area contributed by atoms with Crippen molar-refractivity contribution in [2.24, 2.45) is 0 Å². The third kappa shape index (κ3) is 1.75. The van der Waals surface area contributed by atoms with Crippen LogP contribution in [0, 0.1) is 6.92 Å². The smallest absolute Gasteiger partial charge is 0.116 e. The third-order valence-corrected chi connectivity index (χ3v) is 5.02. The number of phenolic OH excluding ortho intramolecular Hbond substituents is 1. The summed E-state index contributed by atoms with van der Waals surface area (Å²) < 4.78 is 0. The fraction of sp³-hybridized carbons (Fsp3) is 0.0435. The standard InChI is InChI=1S/C23H16O/c1-14-12-16-6-8-17(24)13-22(16)21-11-10-19-18-5-3-2-4-15(18)7-9-20(19)23(14)21/h2-13,24H,1H3. The van der Waals surface area contributed by atoms with Gasteiger partial charge in [-0.1, -0.05) is 60.7 Å². The SMILES string of the molecule is Cc1cc2ccc(O)cc2c2ccc3c4ccccc4ccc3c12. The Morgan fingerprint density at radius 1 is 0.583 bits per heavy atom. The van der Waals surface area contributed by atoms with Crippen LogP contribution in [-0.2, 0) is 0 Å². The van der Waals surface area contributed by atoms with E-state index in [1.807, 2.05) is 12.1 Å². The van der Waals surface area contributed by atoms with E-state index in [0.29, 0.717) is 5.75 Å². The molecule has 0 spiro atoms. The fourth-order valence-electron chi connectivity index (χ4n) is 3.95. The van der Waals surface area contributed by atoms with Gasteiger partial charge in [0.15, 0.2) is 0 Å². The lowest BCUT2D eigenvalue weighted by Gasteiger charge is -2.12. The van der Waals surface area contributed by atoms with Gasteiger partial charge in [-0.3, -0.25) is 0 Å². The van der Waals surface area contributed by atoms with E-state index in [1.165, 1.54) is 37.9 Å². The minimum Gasteiger partial charge on any atom is -0.508 e. The molecule has 24 heavy (non-hydrogen) atoms. The van der Waals surface area contributed by atoms with Gasteiger partial charge in [0.1, 0.15) is 5.75 Å². The number of fused-ring (bicyclic) bond motifs is 7. The van der Waals surface area contributed by atoms with Crippen LogP contribution < -0.4 is 0 Å². The summed E-state index contributed by atoms with van der Waals surface area (Å²) in [6.07, 6.45) is 0. The van der Waals surface area contributed by atoms with Crippen LogP contribution in [-0.4, -0.2) is 5.11 Å². The minimum absolute atomic E-state index is 0.311. The zero-order valence-electron chi connectivity index (χ0n) is 13.4. The molecule has 0 aliphatic rings. The predicted molar refractivity (Wildman–Crippen MR) is 103 cm³/mol. The lowest BCUT2D eigenvalue weighted by molar-refractivity contribution is 0.476. The van der Waals surface area contributed by atoms with Gasteiger partial charge in [-0.2, -0.15) is 0 Å². The molecule has 5 aromatic rings. The second-order valence-corrected chi connectivity index (χ2v) is 6.47. The van der Waals surface area contributed by atoms with Gasteiger partial charge >= 0.3 is 0 Å². The largest absolute Gasteiger partial charge is 0.508 e. The number of hydrogen-bond acceptors (Lipinski definition) is 1. The zero-order valence-corrected chi connectivity index (χ0v) is 13.4. The van der Waals surface area contributed by atoms with Gasteiger partial charge in [-0.05, 0) is 67.7 Å². The third-order valence-electron chi connectivity index (χ3n) is 5.02. The van der Waals surface area contributed by atoms with E-state index < -0.39 is 0 Å². The molecule has 0 amide bonds. The molecule has 0 fully saturated rings. The molecule has 0 saturated heterocycles. The van der Waals surface area contributed by atoms with Gasteiger partial charge in [0.25, 0.3) is 0 Å². The van der Waals surface area contributed by atoms with E-state index in [2.05, 4.69) is 61.5 Å². The Morgan fingerprint density at radius 3 is 2.21 bits per heavy atom. The molecule has 1 nitrogen and oxygen atoms in total.